The van der Waals surface area contributed by atoms with Crippen molar-refractivity contribution < 1.29 is 14.3 Å². The van der Waals surface area contributed by atoms with Crippen molar-refractivity contribution in [3.05, 3.63) is 17.0 Å². The number of carbonyl (C=O) groups is 1. The van der Waals surface area contributed by atoms with Crippen molar-refractivity contribution >= 4 is 6.03 Å². The van der Waals surface area contributed by atoms with Crippen LogP contribution >= 0.6 is 0 Å². The van der Waals surface area contributed by atoms with Crippen LogP contribution in [0.4, 0.5) is 4.79 Å². The zero-order chi connectivity index (χ0) is 18.4. The normalized spacial score (nSPS) is 20.2. The van der Waals surface area contributed by atoms with Gasteiger partial charge in [-0.25, -0.2) is 4.79 Å². The van der Waals surface area contributed by atoms with Gasteiger partial charge in [-0.2, -0.15) is 5.10 Å². The van der Waals surface area contributed by atoms with E-state index >= 15 is 0 Å². The zero-order valence-corrected chi connectivity index (χ0v) is 15.9. The van der Waals surface area contributed by atoms with E-state index in [1.165, 1.54) is 11.3 Å². The highest BCUT2D eigenvalue weighted by atomic mass is 16.5. The minimum Gasteiger partial charge on any atom is -0.385 e. The lowest BCUT2D eigenvalue weighted by Crippen LogP contribution is -2.43. The number of urea groups is 1. The van der Waals surface area contributed by atoms with Gasteiger partial charge in [0, 0.05) is 70.2 Å². The molecule has 1 saturated heterocycles. The third kappa shape index (κ3) is 4.75. The van der Waals surface area contributed by atoms with Crippen molar-refractivity contribution in [2.75, 3.05) is 40.0 Å². The van der Waals surface area contributed by atoms with Crippen LogP contribution in [0.15, 0.2) is 0 Å². The summed E-state index contributed by atoms with van der Waals surface area (Å²) < 4.78 is 12.7. The van der Waals surface area contributed by atoms with Gasteiger partial charge in [-0.3, -0.25) is 9.58 Å². The topological polar surface area (TPSA) is 80.7 Å². The van der Waals surface area contributed by atoms with Crippen LogP contribution in [0, 0.1) is 0 Å². The highest BCUT2D eigenvalue weighted by Gasteiger charge is 2.27. The second kappa shape index (κ2) is 9.34. The van der Waals surface area contributed by atoms with E-state index in [1.807, 2.05) is 0 Å². The number of hydrogen-bond acceptors (Lipinski definition) is 5. The van der Waals surface area contributed by atoms with Gasteiger partial charge in [0.25, 0.3) is 0 Å². The number of nitrogens with one attached hydrogen (secondary N) is 2. The highest BCUT2D eigenvalue weighted by Crippen LogP contribution is 2.23. The molecule has 2 aliphatic rings. The molecule has 8 nitrogen and oxygen atoms in total. The number of carbonyl (C=O) groups excluding carboxylic acids is 1. The number of amides is 2. The third-order valence-electron chi connectivity index (χ3n) is 5.07. The van der Waals surface area contributed by atoms with Gasteiger partial charge in [-0.15, -0.1) is 0 Å². The van der Waals surface area contributed by atoms with Crippen LogP contribution in [0.3, 0.4) is 0 Å². The molecule has 0 bridgehead atoms. The minimum absolute atomic E-state index is 0.0889. The summed E-state index contributed by atoms with van der Waals surface area (Å²) in [4.78, 5) is 14.3. The predicted molar refractivity (Wildman–Crippen MR) is 98.0 cm³/mol. The maximum atomic E-state index is 11.9. The van der Waals surface area contributed by atoms with E-state index in [4.69, 9.17) is 14.6 Å². The summed E-state index contributed by atoms with van der Waals surface area (Å²) in [5.41, 5.74) is 3.73. The Morgan fingerprint density at radius 1 is 1.46 bits per heavy atom. The molecule has 0 aromatic carbocycles. The van der Waals surface area contributed by atoms with Crippen LogP contribution in [-0.2, 0) is 35.6 Å². The molecule has 1 atom stereocenters. The first kappa shape index (κ1) is 19.1. The smallest absolute Gasteiger partial charge is 0.315 e. The summed E-state index contributed by atoms with van der Waals surface area (Å²) in [7, 11) is 1.67. The quantitative estimate of drug-likeness (QED) is 0.669. The van der Waals surface area contributed by atoms with Gasteiger partial charge in [-0.05, 0) is 19.8 Å². The van der Waals surface area contributed by atoms with Gasteiger partial charge in [-0.1, -0.05) is 0 Å². The average molecular weight is 365 g/mol. The lowest BCUT2D eigenvalue weighted by atomic mass is 10.1. The Morgan fingerprint density at radius 2 is 2.35 bits per heavy atom. The van der Waals surface area contributed by atoms with E-state index in [9.17, 15) is 4.79 Å². The summed E-state index contributed by atoms with van der Waals surface area (Å²) in [5.74, 6) is 0. The number of nitrogens with zero attached hydrogens (tertiary/aromatic N) is 3. The fourth-order valence-corrected chi connectivity index (χ4v) is 3.73. The lowest BCUT2D eigenvalue weighted by molar-refractivity contribution is 0.108. The number of likely N-dealkylation sites (tertiary alicyclic amines) is 1. The van der Waals surface area contributed by atoms with Crippen molar-refractivity contribution in [3.63, 3.8) is 0 Å². The van der Waals surface area contributed by atoms with Crippen LogP contribution in [0.2, 0.25) is 0 Å². The molecule has 1 fully saturated rings. The Morgan fingerprint density at radius 3 is 3.15 bits per heavy atom. The molecule has 2 N–H and O–H groups in total. The van der Waals surface area contributed by atoms with Crippen molar-refractivity contribution in [2.45, 2.75) is 51.9 Å². The molecular weight excluding hydrogens is 334 g/mol. The van der Waals surface area contributed by atoms with Crippen LogP contribution in [0.1, 0.15) is 36.7 Å². The molecular formula is C18H31N5O3. The lowest BCUT2D eigenvalue weighted by Gasteiger charge is -2.18. The number of fused-ring (bicyclic) bond motifs is 1. The molecule has 2 aliphatic heterocycles. The first-order chi connectivity index (χ1) is 12.7. The maximum absolute atomic E-state index is 11.9. The molecule has 146 valence electrons. The fourth-order valence-electron chi connectivity index (χ4n) is 3.73. The van der Waals surface area contributed by atoms with Crippen LogP contribution in [0.25, 0.3) is 0 Å². The highest BCUT2D eigenvalue weighted by molar-refractivity contribution is 5.74. The number of ether oxygens (including phenoxy) is 2. The first-order valence-electron chi connectivity index (χ1n) is 9.62. The summed E-state index contributed by atoms with van der Waals surface area (Å²) in [6.45, 7) is 8.45. The molecule has 0 spiro atoms. The molecule has 3 rings (SSSR count). The van der Waals surface area contributed by atoms with Crippen molar-refractivity contribution in [3.8, 4) is 0 Å². The van der Waals surface area contributed by atoms with E-state index in [0.29, 0.717) is 19.8 Å². The Kier molecular flexibility index (Phi) is 6.87. The monoisotopic (exact) mass is 365 g/mol. The van der Waals surface area contributed by atoms with Gasteiger partial charge < -0.3 is 20.1 Å². The second-order valence-corrected chi connectivity index (χ2v) is 6.96. The predicted octanol–water partition coefficient (Wildman–Crippen LogP) is 0.886. The van der Waals surface area contributed by atoms with Gasteiger partial charge in [0.2, 0.25) is 0 Å². The molecule has 26 heavy (non-hydrogen) atoms. The molecule has 1 aromatic heterocycles. The van der Waals surface area contributed by atoms with E-state index in [2.05, 4.69) is 27.1 Å². The number of rotatable bonds is 8. The van der Waals surface area contributed by atoms with Gasteiger partial charge in [0.15, 0.2) is 0 Å². The van der Waals surface area contributed by atoms with Gasteiger partial charge in [0.1, 0.15) is 0 Å². The molecule has 0 radical (unpaired) electrons. The van der Waals surface area contributed by atoms with Crippen molar-refractivity contribution in [2.24, 2.45) is 0 Å². The van der Waals surface area contributed by atoms with E-state index in [-0.39, 0.29) is 12.1 Å². The molecule has 2 amide bonds. The van der Waals surface area contributed by atoms with Crippen LogP contribution in [-0.4, -0.2) is 66.7 Å². The zero-order valence-electron chi connectivity index (χ0n) is 15.9. The molecule has 8 heteroatoms. The van der Waals surface area contributed by atoms with Gasteiger partial charge >= 0.3 is 6.03 Å². The molecule has 1 unspecified atom stereocenters. The summed E-state index contributed by atoms with van der Waals surface area (Å²) in [5, 5.41) is 10.7. The Balaban J connectivity index is 1.48. The largest absolute Gasteiger partial charge is 0.385 e. The Bertz CT molecular complexity index is 604. The summed E-state index contributed by atoms with van der Waals surface area (Å²) in [6.07, 6.45) is 2.75. The fraction of sp³-hybridized carbons (Fsp3) is 0.778. The standard InChI is InChI=1S/C18H31N5O3/c1-3-23-17-6-10-26-13-15(17)16(21-23)12-22-8-5-14(11-22)20-18(24)19-7-4-9-25-2/h14H,3-13H2,1-2H3,(H2,19,20,24). The Labute approximate surface area is 155 Å². The van der Waals surface area contributed by atoms with Crippen LogP contribution < -0.4 is 10.6 Å². The van der Waals surface area contributed by atoms with Crippen molar-refractivity contribution in [1.82, 2.24) is 25.3 Å². The second-order valence-electron chi connectivity index (χ2n) is 6.96. The van der Waals surface area contributed by atoms with E-state index in [1.54, 1.807) is 7.11 Å². The maximum Gasteiger partial charge on any atom is 0.315 e. The van der Waals surface area contributed by atoms with Crippen molar-refractivity contribution in [1.29, 1.82) is 0 Å². The molecule has 0 aliphatic carbocycles. The number of aromatic nitrogens is 2. The first-order valence-corrected chi connectivity index (χ1v) is 9.62. The Hall–Kier alpha value is -1.64. The van der Waals surface area contributed by atoms with Crippen LogP contribution in [0.5, 0.6) is 0 Å². The van der Waals surface area contributed by atoms with Gasteiger partial charge in [0.05, 0.1) is 18.9 Å². The average Bonchev–Trinajstić information content (AvgIpc) is 3.24. The number of methoxy groups -OCH3 is 1. The molecule has 3 heterocycles. The number of hydrogen-bond donors (Lipinski definition) is 2. The number of aryl methyl sites for hydroxylation is 1. The van der Waals surface area contributed by atoms with E-state index < -0.39 is 0 Å². The SMILES string of the molecule is CCn1nc(CN2CCC(NC(=O)NCCCOC)C2)c2c1CCOC2. The molecule has 0 saturated carbocycles. The third-order valence-corrected chi connectivity index (χ3v) is 5.07. The minimum atomic E-state index is -0.0889. The molecule has 1 aromatic rings. The summed E-state index contributed by atoms with van der Waals surface area (Å²) in [6, 6.07) is 0.103. The summed E-state index contributed by atoms with van der Waals surface area (Å²) >= 11 is 0. The van der Waals surface area contributed by atoms with E-state index in [0.717, 1.165) is 57.7 Å².